The van der Waals surface area contributed by atoms with Crippen molar-refractivity contribution in [3.8, 4) is 0 Å². The monoisotopic (exact) mass is 327 g/mol. The zero-order chi connectivity index (χ0) is 16.1. The highest BCUT2D eigenvalue weighted by Gasteiger charge is 2.10. The first-order valence-corrected chi connectivity index (χ1v) is 7.93. The van der Waals surface area contributed by atoms with Gasteiger partial charge in [0.1, 0.15) is 0 Å². The Kier molecular flexibility index (Phi) is 5.05. The highest BCUT2D eigenvalue weighted by Crippen LogP contribution is 2.16. The maximum absolute atomic E-state index is 5.90. The average molecular weight is 328 g/mol. The van der Waals surface area contributed by atoms with E-state index in [-0.39, 0.29) is 6.04 Å². The minimum absolute atomic E-state index is 0.178. The average Bonchev–Trinajstić information content (AvgIpc) is 3.02. The van der Waals surface area contributed by atoms with Crippen molar-refractivity contribution in [2.75, 3.05) is 0 Å². The number of benzene rings is 2. The van der Waals surface area contributed by atoms with E-state index >= 15 is 0 Å². The van der Waals surface area contributed by atoms with Crippen LogP contribution in [0.25, 0.3) is 0 Å². The summed E-state index contributed by atoms with van der Waals surface area (Å²) in [4.78, 5) is 4.42. The van der Waals surface area contributed by atoms with Crippen LogP contribution in [0.15, 0.2) is 59.1 Å². The largest absolute Gasteiger partial charge is 0.338 e. The van der Waals surface area contributed by atoms with Crippen LogP contribution in [0.4, 0.5) is 0 Å². The van der Waals surface area contributed by atoms with Crippen LogP contribution in [0.3, 0.4) is 0 Å². The molecule has 23 heavy (non-hydrogen) atoms. The molecule has 0 fully saturated rings. The third kappa shape index (κ3) is 4.41. The van der Waals surface area contributed by atoms with Crippen LogP contribution < -0.4 is 5.32 Å². The van der Waals surface area contributed by atoms with E-state index in [1.54, 1.807) is 0 Å². The van der Waals surface area contributed by atoms with Gasteiger partial charge in [-0.2, -0.15) is 4.98 Å². The smallest absolute Gasteiger partial charge is 0.240 e. The van der Waals surface area contributed by atoms with Gasteiger partial charge < -0.3 is 9.84 Å². The molecule has 0 saturated heterocycles. The summed E-state index contributed by atoms with van der Waals surface area (Å²) in [6.07, 6.45) is 0.678. The van der Waals surface area contributed by atoms with E-state index in [4.69, 9.17) is 16.1 Å². The van der Waals surface area contributed by atoms with Crippen molar-refractivity contribution in [1.82, 2.24) is 15.5 Å². The van der Waals surface area contributed by atoms with E-state index in [1.165, 1.54) is 11.1 Å². The second-order valence-corrected chi connectivity index (χ2v) is 5.86. The van der Waals surface area contributed by atoms with Crippen LogP contribution in [0.5, 0.6) is 0 Å². The quantitative estimate of drug-likeness (QED) is 0.738. The fourth-order valence-corrected chi connectivity index (χ4v) is 2.45. The molecule has 1 N–H and O–H groups in total. The molecular weight excluding hydrogens is 310 g/mol. The van der Waals surface area contributed by atoms with Gasteiger partial charge in [0, 0.05) is 17.5 Å². The number of hydrogen-bond donors (Lipinski definition) is 1. The number of halogens is 1. The van der Waals surface area contributed by atoms with Gasteiger partial charge >= 0.3 is 0 Å². The molecule has 0 bridgehead atoms. The molecule has 2 aromatic carbocycles. The molecule has 0 unspecified atom stereocenters. The molecule has 1 aromatic heterocycles. The van der Waals surface area contributed by atoms with Crippen LogP contribution in [0, 0.1) is 0 Å². The topological polar surface area (TPSA) is 51.0 Å². The molecule has 0 aliphatic heterocycles. The van der Waals surface area contributed by atoms with E-state index in [2.05, 4.69) is 34.5 Å². The molecule has 0 spiro atoms. The minimum atomic E-state index is 0.178. The molecule has 0 saturated carbocycles. The lowest BCUT2D eigenvalue weighted by Crippen LogP contribution is -2.18. The molecule has 1 atom stereocenters. The zero-order valence-corrected chi connectivity index (χ0v) is 13.6. The van der Waals surface area contributed by atoms with E-state index in [9.17, 15) is 0 Å². The summed E-state index contributed by atoms with van der Waals surface area (Å²) < 4.78 is 5.30. The van der Waals surface area contributed by atoms with Gasteiger partial charge in [-0.1, -0.05) is 59.2 Å². The van der Waals surface area contributed by atoms with Gasteiger partial charge in [-0.3, -0.25) is 0 Å². The van der Waals surface area contributed by atoms with Gasteiger partial charge in [-0.05, 0) is 30.2 Å². The number of hydrogen-bond acceptors (Lipinski definition) is 4. The Morgan fingerprint density at radius 3 is 2.57 bits per heavy atom. The molecule has 0 aliphatic carbocycles. The number of aromatic nitrogens is 2. The Labute approximate surface area is 140 Å². The fourth-order valence-electron chi connectivity index (χ4n) is 2.32. The lowest BCUT2D eigenvalue weighted by atomic mass is 10.1. The van der Waals surface area contributed by atoms with Gasteiger partial charge in [-0.25, -0.2) is 0 Å². The summed E-state index contributed by atoms with van der Waals surface area (Å²) >= 11 is 5.90. The minimum Gasteiger partial charge on any atom is -0.338 e. The van der Waals surface area contributed by atoms with Gasteiger partial charge in [-0.15, -0.1) is 0 Å². The van der Waals surface area contributed by atoms with Crippen molar-refractivity contribution in [1.29, 1.82) is 0 Å². The summed E-state index contributed by atoms with van der Waals surface area (Å²) in [7, 11) is 0. The van der Waals surface area contributed by atoms with Crippen LogP contribution in [0.2, 0.25) is 5.02 Å². The van der Waals surface area contributed by atoms with E-state index in [1.807, 2.05) is 42.5 Å². The summed E-state index contributed by atoms with van der Waals surface area (Å²) in [6, 6.07) is 18.1. The normalized spacial score (nSPS) is 12.3. The van der Waals surface area contributed by atoms with Crippen molar-refractivity contribution >= 4 is 11.6 Å². The summed E-state index contributed by atoms with van der Waals surface area (Å²) in [5.41, 5.74) is 2.33. The molecule has 118 valence electrons. The van der Waals surface area contributed by atoms with Crippen molar-refractivity contribution in [2.45, 2.75) is 25.9 Å². The predicted molar refractivity (Wildman–Crippen MR) is 90.3 cm³/mol. The van der Waals surface area contributed by atoms with Gasteiger partial charge in [0.25, 0.3) is 0 Å². The lowest BCUT2D eigenvalue weighted by Gasteiger charge is -2.12. The Morgan fingerprint density at radius 1 is 1.09 bits per heavy atom. The molecule has 3 aromatic rings. The van der Waals surface area contributed by atoms with Crippen LogP contribution in [0.1, 0.15) is 35.8 Å². The van der Waals surface area contributed by atoms with Gasteiger partial charge in [0.2, 0.25) is 5.89 Å². The van der Waals surface area contributed by atoms with Crippen LogP contribution >= 0.6 is 11.6 Å². The summed E-state index contributed by atoms with van der Waals surface area (Å²) in [5, 5.41) is 8.14. The third-order valence-electron chi connectivity index (χ3n) is 3.64. The highest BCUT2D eigenvalue weighted by molar-refractivity contribution is 6.30. The Morgan fingerprint density at radius 2 is 1.83 bits per heavy atom. The SMILES string of the molecule is C[C@H](NCc1nc(Cc2ccccc2)no1)c1ccc(Cl)cc1. The van der Waals surface area contributed by atoms with Crippen molar-refractivity contribution in [3.05, 3.63) is 82.5 Å². The standard InChI is InChI=1S/C18H18ClN3O/c1-13(15-7-9-16(19)10-8-15)20-12-18-21-17(22-23-18)11-14-5-3-2-4-6-14/h2-10,13,20H,11-12H2,1H3/t13-/m0/s1. The van der Waals surface area contributed by atoms with Gasteiger partial charge in [0.05, 0.1) is 6.54 Å². The first-order chi connectivity index (χ1) is 11.2. The number of rotatable bonds is 6. The molecular formula is C18H18ClN3O. The first kappa shape index (κ1) is 15.7. The van der Waals surface area contributed by atoms with Gasteiger partial charge in [0.15, 0.2) is 5.82 Å². The van der Waals surface area contributed by atoms with Crippen LogP contribution in [-0.2, 0) is 13.0 Å². The van der Waals surface area contributed by atoms with Crippen LogP contribution in [-0.4, -0.2) is 10.1 Å². The van der Waals surface area contributed by atoms with Crippen molar-refractivity contribution < 1.29 is 4.52 Å². The maximum atomic E-state index is 5.90. The molecule has 5 heteroatoms. The zero-order valence-electron chi connectivity index (χ0n) is 12.9. The molecule has 4 nitrogen and oxygen atoms in total. The maximum Gasteiger partial charge on any atom is 0.240 e. The Bertz CT molecular complexity index is 740. The summed E-state index contributed by atoms with van der Waals surface area (Å²) in [5.74, 6) is 1.30. The first-order valence-electron chi connectivity index (χ1n) is 7.55. The van der Waals surface area contributed by atoms with Crippen molar-refractivity contribution in [2.24, 2.45) is 0 Å². The second kappa shape index (κ2) is 7.40. The molecule has 0 amide bonds. The Hall–Kier alpha value is -2.17. The third-order valence-corrected chi connectivity index (χ3v) is 3.90. The fraction of sp³-hybridized carbons (Fsp3) is 0.222. The molecule has 0 aliphatic rings. The Balaban J connectivity index is 1.55. The highest BCUT2D eigenvalue weighted by atomic mass is 35.5. The number of nitrogens with one attached hydrogen (secondary N) is 1. The predicted octanol–water partition coefficient (Wildman–Crippen LogP) is 4.16. The van der Waals surface area contributed by atoms with E-state index in [0.717, 1.165) is 5.02 Å². The molecule has 3 rings (SSSR count). The number of nitrogens with zero attached hydrogens (tertiary/aromatic N) is 2. The van der Waals surface area contributed by atoms with Crippen molar-refractivity contribution in [3.63, 3.8) is 0 Å². The van der Waals surface area contributed by atoms with E-state index in [0.29, 0.717) is 24.7 Å². The lowest BCUT2D eigenvalue weighted by molar-refractivity contribution is 0.357. The second-order valence-electron chi connectivity index (χ2n) is 5.42. The molecule has 1 heterocycles. The van der Waals surface area contributed by atoms with E-state index < -0.39 is 0 Å². The molecule has 0 radical (unpaired) electrons. The summed E-state index contributed by atoms with van der Waals surface area (Å²) in [6.45, 7) is 2.62.